The molecular weight excluding hydrogens is 612 g/mol. The van der Waals surface area contributed by atoms with Gasteiger partial charge in [0.15, 0.2) is 5.13 Å². The smallest absolute Gasteiger partial charge is 0.272 e. The van der Waals surface area contributed by atoms with Gasteiger partial charge in [-0.2, -0.15) is 0 Å². The van der Waals surface area contributed by atoms with Crippen LogP contribution < -0.4 is 16.0 Å². The predicted octanol–water partition coefficient (Wildman–Crippen LogP) is 7.91. The summed E-state index contributed by atoms with van der Waals surface area (Å²) in [5.41, 5.74) is 3.48. The minimum Gasteiger partial charge on any atom is -0.321 e. The normalized spacial score (nSPS) is 11.1. The van der Waals surface area contributed by atoms with Crippen LogP contribution in [0, 0.1) is 6.92 Å². The van der Waals surface area contributed by atoms with Gasteiger partial charge in [0.2, 0.25) is 5.91 Å². The Kier molecular flexibility index (Phi) is 10.2. The fourth-order valence-corrected chi connectivity index (χ4v) is 5.99. The Hall–Kier alpha value is -4.70. The number of hydrogen-bond donors (Lipinski definition) is 3. The van der Waals surface area contributed by atoms with Crippen molar-refractivity contribution in [2.24, 2.45) is 0 Å². The average molecular weight is 639 g/mol. The minimum atomic E-state index is -0.512. The number of hydrogen-bond acceptors (Lipinski definition) is 6. The van der Waals surface area contributed by atoms with Crippen LogP contribution in [-0.4, -0.2) is 28.5 Å². The molecule has 4 aromatic carbocycles. The van der Waals surface area contributed by atoms with Crippen molar-refractivity contribution in [1.82, 2.24) is 10.3 Å². The number of aromatic nitrogens is 1. The van der Waals surface area contributed by atoms with Gasteiger partial charge >= 0.3 is 0 Å². The number of benzene rings is 4. The molecule has 3 amide bonds. The van der Waals surface area contributed by atoms with Gasteiger partial charge in [-0.15, -0.1) is 23.1 Å². The molecule has 0 spiro atoms. The highest BCUT2D eigenvalue weighted by molar-refractivity contribution is 8.00. The van der Waals surface area contributed by atoms with E-state index in [4.69, 9.17) is 11.6 Å². The van der Waals surface area contributed by atoms with Gasteiger partial charge in [0.05, 0.1) is 11.4 Å². The van der Waals surface area contributed by atoms with Crippen molar-refractivity contribution in [3.8, 4) is 11.3 Å². The molecule has 44 heavy (non-hydrogen) atoms. The third-order valence-electron chi connectivity index (χ3n) is 6.24. The average Bonchev–Trinajstić information content (AvgIpc) is 3.40. The first-order chi connectivity index (χ1) is 21.3. The van der Waals surface area contributed by atoms with Crippen LogP contribution in [-0.2, 0) is 9.59 Å². The van der Waals surface area contributed by atoms with E-state index < -0.39 is 11.8 Å². The van der Waals surface area contributed by atoms with Gasteiger partial charge < -0.3 is 16.0 Å². The number of thioether (sulfide) groups is 1. The minimum absolute atomic E-state index is 0.0483. The second-order valence-corrected chi connectivity index (χ2v) is 12.2. The van der Waals surface area contributed by atoms with Gasteiger partial charge in [0.25, 0.3) is 11.8 Å². The summed E-state index contributed by atoms with van der Waals surface area (Å²) in [6.07, 6.45) is 1.56. The number of rotatable bonds is 10. The molecule has 0 saturated carbocycles. The molecule has 3 N–H and O–H groups in total. The zero-order chi connectivity index (χ0) is 30.9. The monoisotopic (exact) mass is 638 g/mol. The first kappa shape index (κ1) is 30.7. The van der Waals surface area contributed by atoms with Crippen LogP contribution in [0.4, 0.5) is 10.8 Å². The summed E-state index contributed by atoms with van der Waals surface area (Å²) in [7, 11) is 0. The highest BCUT2D eigenvalue weighted by Crippen LogP contribution is 2.30. The summed E-state index contributed by atoms with van der Waals surface area (Å²) in [5.74, 6) is -0.963. The molecule has 10 heteroatoms. The Balaban J connectivity index is 1.24. The van der Waals surface area contributed by atoms with Gasteiger partial charge in [0.1, 0.15) is 5.70 Å². The molecule has 0 aliphatic rings. The van der Waals surface area contributed by atoms with Gasteiger partial charge in [-0.25, -0.2) is 4.98 Å². The Morgan fingerprint density at radius 3 is 2.34 bits per heavy atom. The van der Waals surface area contributed by atoms with Gasteiger partial charge in [0, 0.05) is 31.6 Å². The summed E-state index contributed by atoms with van der Waals surface area (Å²) in [4.78, 5) is 45.4. The lowest BCUT2D eigenvalue weighted by atomic mass is 10.1. The molecule has 7 nitrogen and oxygen atoms in total. The highest BCUT2D eigenvalue weighted by Gasteiger charge is 2.16. The van der Waals surface area contributed by atoms with Crippen LogP contribution in [0.1, 0.15) is 20.8 Å². The summed E-state index contributed by atoms with van der Waals surface area (Å²) in [6, 6.07) is 32.6. The number of anilines is 2. The molecule has 0 unspecified atom stereocenters. The summed E-state index contributed by atoms with van der Waals surface area (Å²) < 4.78 is 0. The van der Waals surface area contributed by atoms with E-state index in [2.05, 4.69) is 20.9 Å². The van der Waals surface area contributed by atoms with Crippen LogP contribution in [0.25, 0.3) is 17.3 Å². The van der Waals surface area contributed by atoms with Gasteiger partial charge in [-0.1, -0.05) is 78.3 Å². The molecule has 0 saturated heterocycles. The number of carbonyl (C=O) groups is 3. The van der Waals surface area contributed by atoms with Crippen molar-refractivity contribution in [3.05, 3.63) is 136 Å². The Bertz CT molecular complexity index is 1830. The topological polar surface area (TPSA) is 100 Å². The van der Waals surface area contributed by atoms with E-state index in [1.54, 1.807) is 72.8 Å². The Labute approximate surface area is 268 Å². The molecule has 0 bridgehead atoms. The molecule has 1 heterocycles. The van der Waals surface area contributed by atoms with Crippen LogP contribution in [0.15, 0.2) is 120 Å². The number of thiazole rings is 1. The summed E-state index contributed by atoms with van der Waals surface area (Å²) in [5, 5.41) is 9.50. The summed E-state index contributed by atoms with van der Waals surface area (Å²) in [6.45, 7) is 1.98. The highest BCUT2D eigenvalue weighted by atomic mass is 35.5. The second-order valence-electron chi connectivity index (χ2n) is 9.54. The van der Waals surface area contributed by atoms with Gasteiger partial charge in [-0.05, 0) is 61.0 Å². The largest absolute Gasteiger partial charge is 0.321 e. The van der Waals surface area contributed by atoms with Crippen molar-refractivity contribution in [3.63, 3.8) is 0 Å². The van der Waals surface area contributed by atoms with E-state index in [1.807, 2.05) is 49.4 Å². The SMILES string of the molecule is Cc1sc(NC(=O)CSc2cccc(NC(=O)/C(=C/c3cccc(Cl)c3)NC(=O)c3ccccc3)c2)nc1-c1ccccc1. The van der Waals surface area contributed by atoms with Crippen molar-refractivity contribution in [2.75, 3.05) is 16.4 Å². The van der Waals surface area contributed by atoms with E-state index in [1.165, 1.54) is 23.1 Å². The molecule has 0 atom stereocenters. The van der Waals surface area contributed by atoms with Gasteiger partial charge in [-0.3, -0.25) is 14.4 Å². The van der Waals surface area contributed by atoms with Crippen LogP contribution in [0.2, 0.25) is 5.02 Å². The number of aryl methyl sites for hydroxylation is 1. The number of nitrogens with zero attached hydrogens (tertiary/aromatic N) is 1. The quantitative estimate of drug-likeness (QED) is 0.107. The van der Waals surface area contributed by atoms with Crippen LogP contribution in [0.5, 0.6) is 0 Å². The van der Waals surface area contributed by atoms with Crippen LogP contribution in [0.3, 0.4) is 0 Å². The molecular formula is C34H27ClN4O3S2. The Morgan fingerprint density at radius 2 is 1.59 bits per heavy atom. The number of amides is 3. The van der Waals surface area contributed by atoms with Crippen LogP contribution >= 0.6 is 34.7 Å². The number of carbonyl (C=O) groups excluding carboxylic acids is 3. The van der Waals surface area contributed by atoms with E-state index >= 15 is 0 Å². The van der Waals surface area contributed by atoms with E-state index in [0.717, 1.165) is 21.0 Å². The first-order valence-corrected chi connectivity index (χ1v) is 15.7. The van der Waals surface area contributed by atoms with E-state index in [-0.39, 0.29) is 17.4 Å². The first-order valence-electron chi connectivity index (χ1n) is 13.5. The molecule has 5 rings (SSSR count). The lowest BCUT2D eigenvalue weighted by Gasteiger charge is -2.12. The predicted molar refractivity (Wildman–Crippen MR) is 180 cm³/mol. The number of halogens is 1. The molecule has 5 aromatic rings. The summed E-state index contributed by atoms with van der Waals surface area (Å²) >= 11 is 8.90. The Morgan fingerprint density at radius 1 is 0.864 bits per heavy atom. The molecule has 0 aliphatic carbocycles. The van der Waals surface area contributed by atoms with Crippen molar-refractivity contribution in [1.29, 1.82) is 0 Å². The van der Waals surface area contributed by atoms with E-state index in [9.17, 15) is 14.4 Å². The third-order valence-corrected chi connectivity index (χ3v) is 8.36. The zero-order valence-electron chi connectivity index (χ0n) is 23.5. The van der Waals surface area contributed by atoms with Crippen molar-refractivity contribution < 1.29 is 14.4 Å². The molecule has 0 fully saturated rings. The van der Waals surface area contributed by atoms with E-state index in [0.29, 0.717) is 27.0 Å². The lowest BCUT2D eigenvalue weighted by Crippen LogP contribution is -2.30. The lowest BCUT2D eigenvalue weighted by molar-refractivity contribution is -0.114. The second kappa shape index (κ2) is 14.7. The molecule has 0 aliphatic heterocycles. The maximum absolute atomic E-state index is 13.4. The standard InChI is InChI=1S/C34H27ClN4O3S2/c1-22-31(24-11-4-2-5-12-24)39-34(44-22)38-30(40)21-43-28-17-9-16-27(20-28)36-33(42)29(19-23-10-8-15-26(35)18-23)37-32(41)25-13-6-3-7-14-25/h2-20H,21H2,1H3,(H,36,42)(H,37,41)(H,38,39,40)/b29-19-. The maximum atomic E-state index is 13.4. The molecule has 1 aromatic heterocycles. The fraction of sp³-hybridized carbons (Fsp3) is 0.0588. The molecule has 0 radical (unpaired) electrons. The maximum Gasteiger partial charge on any atom is 0.272 e. The number of nitrogens with one attached hydrogen (secondary N) is 3. The van der Waals surface area contributed by atoms with Crippen molar-refractivity contribution in [2.45, 2.75) is 11.8 Å². The molecule has 220 valence electrons. The third kappa shape index (κ3) is 8.44. The van der Waals surface area contributed by atoms with Crippen molar-refractivity contribution >= 4 is 69.3 Å². The zero-order valence-corrected chi connectivity index (χ0v) is 25.9. The fourth-order valence-electron chi connectivity index (χ4n) is 4.19.